The average Bonchev–Trinajstić information content (AvgIpc) is 2.42. The van der Waals surface area contributed by atoms with Crippen LogP contribution in [0.25, 0.3) is 0 Å². The Kier molecular flexibility index (Phi) is 6.11. The molecule has 2 saturated heterocycles. The summed E-state index contributed by atoms with van der Waals surface area (Å²) in [5, 5.41) is 3.92. The first-order valence-corrected chi connectivity index (χ1v) is 8.36. The van der Waals surface area contributed by atoms with E-state index in [-0.39, 0.29) is 0 Å². The molecule has 0 aromatic rings. The van der Waals surface area contributed by atoms with Gasteiger partial charge in [-0.05, 0) is 78.2 Å². The molecule has 0 aromatic carbocycles. The third-order valence-corrected chi connectivity index (χ3v) is 5.01. The molecule has 3 heteroatoms. The normalized spacial score (nSPS) is 29.5. The van der Waals surface area contributed by atoms with Crippen LogP contribution >= 0.6 is 0 Å². The topological polar surface area (TPSA) is 18.5 Å². The van der Waals surface area contributed by atoms with Gasteiger partial charge in [0.2, 0.25) is 0 Å². The summed E-state index contributed by atoms with van der Waals surface area (Å²) in [5.41, 5.74) is 0. The maximum Gasteiger partial charge on any atom is 0.00940 e. The van der Waals surface area contributed by atoms with E-state index in [1.807, 2.05) is 0 Å². The van der Waals surface area contributed by atoms with Crippen LogP contribution in [0.3, 0.4) is 0 Å². The summed E-state index contributed by atoms with van der Waals surface area (Å²) in [4.78, 5) is 5.12. The maximum absolute atomic E-state index is 3.92. The molecule has 2 rings (SSSR count). The number of hydrogen-bond acceptors (Lipinski definition) is 3. The van der Waals surface area contributed by atoms with Gasteiger partial charge in [-0.2, -0.15) is 0 Å². The zero-order chi connectivity index (χ0) is 13.7. The molecule has 0 spiro atoms. The number of rotatable bonds is 5. The quantitative estimate of drug-likeness (QED) is 0.824. The van der Waals surface area contributed by atoms with Gasteiger partial charge in [0, 0.05) is 18.6 Å². The van der Waals surface area contributed by atoms with Crippen molar-refractivity contribution in [3.8, 4) is 0 Å². The van der Waals surface area contributed by atoms with E-state index in [0.29, 0.717) is 6.04 Å². The van der Waals surface area contributed by atoms with Gasteiger partial charge in [0.15, 0.2) is 0 Å². The standard InChI is InChI=1S/C16H33N3/c1-4-9-19-10-5-6-15(13-19)14(2)17-16-7-11-18(3)12-8-16/h14-17H,4-13H2,1-3H3. The number of likely N-dealkylation sites (tertiary alicyclic amines) is 2. The summed E-state index contributed by atoms with van der Waals surface area (Å²) in [6.45, 7) is 11.2. The van der Waals surface area contributed by atoms with Gasteiger partial charge < -0.3 is 15.1 Å². The maximum atomic E-state index is 3.92. The molecule has 0 bridgehead atoms. The fourth-order valence-electron chi connectivity index (χ4n) is 3.70. The molecule has 2 atom stereocenters. The Hall–Kier alpha value is -0.120. The molecule has 112 valence electrons. The average molecular weight is 267 g/mol. The van der Waals surface area contributed by atoms with Crippen LogP contribution in [0.5, 0.6) is 0 Å². The van der Waals surface area contributed by atoms with E-state index in [2.05, 4.69) is 36.0 Å². The van der Waals surface area contributed by atoms with Crippen molar-refractivity contribution < 1.29 is 0 Å². The number of hydrogen-bond donors (Lipinski definition) is 1. The van der Waals surface area contributed by atoms with Gasteiger partial charge in [-0.15, -0.1) is 0 Å². The second-order valence-corrected chi connectivity index (χ2v) is 6.74. The predicted molar refractivity (Wildman–Crippen MR) is 82.6 cm³/mol. The van der Waals surface area contributed by atoms with E-state index in [9.17, 15) is 0 Å². The van der Waals surface area contributed by atoms with Gasteiger partial charge in [0.25, 0.3) is 0 Å². The molecular weight excluding hydrogens is 234 g/mol. The van der Waals surface area contributed by atoms with E-state index in [0.717, 1.165) is 12.0 Å². The zero-order valence-corrected chi connectivity index (χ0v) is 13.2. The van der Waals surface area contributed by atoms with Crippen molar-refractivity contribution in [2.24, 2.45) is 5.92 Å². The van der Waals surface area contributed by atoms with Gasteiger partial charge in [0.05, 0.1) is 0 Å². The van der Waals surface area contributed by atoms with Gasteiger partial charge in [-0.25, -0.2) is 0 Å². The van der Waals surface area contributed by atoms with Crippen molar-refractivity contribution in [3.63, 3.8) is 0 Å². The summed E-state index contributed by atoms with van der Waals surface area (Å²) in [7, 11) is 2.24. The molecule has 19 heavy (non-hydrogen) atoms. The highest BCUT2D eigenvalue weighted by Crippen LogP contribution is 2.21. The van der Waals surface area contributed by atoms with E-state index in [1.165, 1.54) is 64.8 Å². The molecule has 0 aromatic heterocycles. The molecule has 2 unspecified atom stereocenters. The lowest BCUT2D eigenvalue weighted by Gasteiger charge is -2.39. The van der Waals surface area contributed by atoms with E-state index < -0.39 is 0 Å². The van der Waals surface area contributed by atoms with Crippen LogP contribution in [-0.2, 0) is 0 Å². The lowest BCUT2D eigenvalue weighted by molar-refractivity contribution is 0.138. The van der Waals surface area contributed by atoms with Crippen molar-refractivity contribution >= 4 is 0 Å². The fraction of sp³-hybridized carbons (Fsp3) is 1.00. The Morgan fingerprint density at radius 3 is 2.58 bits per heavy atom. The van der Waals surface area contributed by atoms with Crippen molar-refractivity contribution in [2.45, 2.75) is 58.0 Å². The van der Waals surface area contributed by atoms with Gasteiger partial charge in [-0.1, -0.05) is 6.92 Å². The van der Waals surface area contributed by atoms with Crippen LogP contribution in [-0.4, -0.2) is 61.7 Å². The minimum absolute atomic E-state index is 0.688. The number of nitrogens with one attached hydrogen (secondary N) is 1. The third-order valence-electron chi connectivity index (χ3n) is 5.01. The first kappa shape index (κ1) is 15.3. The lowest BCUT2D eigenvalue weighted by Crippen LogP contribution is -2.50. The smallest absolute Gasteiger partial charge is 0.00940 e. The molecule has 2 aliphatic rings. The van der Waals surface area contributed by atoms with Crippen molar-refractivity contribution in [3.05, 3.63) is 0 Å². The van der Waals surface area contributed by atoms with Gasteiger partial charge in [-0.3, -0.25) is 0 Å². The Balaban J connectivity index is 1.74. The highest BCUT2D eigenvalue weighted by atomic mass is 15.1. The van der Waals surface area contributed by atoms with Crippen molar-refractivity contribution in [1.29, 1.82) is 0 Å². The van der Waals surface area contributed by atoms with Crippen LogP contribution in [0, 0.1) is 5.92 Å². The Bertz CT molecular complexity index is 246. The molecule has 3 nitrogen and oxygen atoms in total. The molecule has 0 radical (unpaired) electrons. The Morgan fingerprint density at radius 1 is 1.16 bits per heavy atom. The summed E-state index contributed by atoms with van der Waals surface area (Å²) >= 11 is 0. The summed E-state index contributed by atoms with van der Waals surface area (Å²) in [6.07, 6.45) is 6.76. The van der Waals surface area contributed by atoms with Crippen molar-refractivity contribution in [2.75, 3.05) is 39.8 Å². The largest absolute Gasteiger partial charge is 0.311 e. The highest BCUT2D eigenvalue weighted by molar-refractivity contribution is 4.84. The molecule has 0 aliphatic carbocycles. The SMILES string of the molecule is CCCN1CCCC(C(C)NC2CCN(C)CC2)C1. The minimum Gasteiger partial charge on any atom is -0.311 e. The second-order valence-electron chi connectivity index (χ2n) is 6.74. The number of nitrogens with zero attached hydrogens (tertiary/aromatic N) is 2. The molecule has 2 fully saturated rings. The van der Waals surface area contributed by atoms with E-state index >= 15 is 0 Å². The van der Waals surface area contributed by atoms with Crippen LogP contribution in [0.1, 0.15) is 46.0 Å². The Labute approximate surface area is 119 Å². The van der Waals surface area contributed by atoms with E-state index in [4.69, 9.17) is 0 Å². The first-order chi connectivity index (χ1) is 9.19. The Morgan fingerprint density at radius 2 is 1.89 bits per heavy atom. The molecule has 0 amide bonds. The van der Waals surface area contributed by atoms with Crippen LogP contribution in [0.2, 0.25) is 0 Å². The molecule has 2 heterocycles. The molecular formula is C16H33N3. The third kappa shape index (κ3) is 4.73. The fourth-order valence-corrected chi connectivity index (χ4v) is 3.70. The summed E-state index contributed by atoms with van der Waals surface area (Å²) in [5.74, 6) is 0.861. The first-order valence-electron chi connectivity index (χ1n) is 8.36. The van der Waals surface area contributed by atoms with Gasteiger partial charge >= 0.3 is 0 Å². The van der Waals surface area contributed by atoms with Gasteiger partial charge in [0.1, 0.15) is 0 Å². The van der Waals surface area contributed by atoms with Crippen LogP contribution in [0.15, 0.2) is 0 Å². The van der Waals surface area contributed by atoms with Crippen molar-refractivity contribution in [1.82, 2.24) is 15.1 Å². The molecule has 0 saturated carbocycles. The number of piperidine rings is 2. The van der Waals surface area contributed by atoms with Crippen LogP contribution < -0.4 is 5.32 Å². The highest BCUT2D eigenvalue weighted by Gasteiger charge is 2.26. The molecule has 2 aliphatic heterocycles. The van der Waals surface area contributed by atoms with Crippen LogP contribution in [0.4, 0.5) is 0 Å². The second kappa shape index (κ2) is 7.61. The monoisotopic (exact) mass is 267 g/mol. The minimum atomic E-state index is 0.688. The predicted octanol–water partition coefficient (Wildman–Crippen LogP) is 2.18. The summed E-state index contributed by atoms with van der Waals surface area (Å²) in [6, 6.07) is 1.45. The molecule has 1 N–H and O–H groups in total. The lowest BCUT2D eigenvalue weighted by atomic mass is 9.90. The summed E-state index contributed by atoms with van der Waals surface area (Å²) < 4.78 is 0. The van der Waals surface area contributed by atoms with E-state index in [1.54, 1.807) is 0 Å². The zero-order valence-electron chi connectivity index (χ0n) is 13.2.